The van der Waals surface area contributed by atoms with Gasteiger partial charge in [-0.2, -0.15) is 0 Å². The Labute approximate surface area is 130 Å². The molecule has 1 aromatic rings. The number of carbonyl (C=O) groups excluding carboxylic acids is 1. The molecule has 3 rings (SSSR count). The molecule has 1 aromatic heterocycles. The second-order valence-electron chi connectivity index (χ2n) is 4.99. The van der Waals surface area contributed by atoms with Gasteiger partial charge in [0.05, 0.1) is 21.7 Å². The van der Waals surface area contributed by atoms with E-state index >= 15 is 0 Å². The fourth-order valence-corrected chi connectivity index (χ4v) is 4.01. The highest BCUT2D eigenvalue weighted by Gasteiger charge is 2.40. The third kappa shape index (κ3) is 3.12. The van der Waals surface area contributed by atoms with Crippen LogP contribution in [0.3, 0.4) is 0 Å². The SMILES string of the molecule is O=C(NC1CCC2(CC1)OCCO2)c1csc(I)c1. The van der Waals surface area contributed by atoms with Crippen LogP contribution in [0.4, 0.5) is 0 Å². The number of halogens is 1. The van der Waals surface area contributed by atoms with Crippen LogP contribution in [0.25, 0.3) is 0 Å². The first-order valence-corrected chi connectivity index (χ1v) is 8.46. The summed E-state index contributed by atoms with van der Waals surface area (Å²) in [6.07, 6.45) is 3.60. The van der Waals surface area contributed by atoms with E-state index in [0.29, 0.717) is 13.2 Å². The first-order valence-electron chi connectivity index (χ1n) is 6.50. The van der Waals surface area contributed by atoms with Crippen molar-refractivity contribution in [2.45, 2.75) is 37.5 Å². The molecule has 2 aliphatic rings. The zero-order valence-corrected chi connectivity index (χ0v) is 13.5. The lowest BCUT2D eigenvalue weighted by Crippen LogP contribution is -2.43. The molecule has 0 bridgehead atoms. The highest BCUT2D eigenvalue weighted by molar-refractivity contribution is 14.1. The Morgan fingerprint density at radius 1 is 1.37 bits per heavy atom. The van der Waals surface area contributed by atoms with E-state index in [1.54, 1.807) is 11.3 Å². The smallest absolute Gasteiger partial charge is 0.252 e. The monoisotopic (exact) mass is 393 g/mol. The maximum Gasteiger partial charge on any atom is 0.252 e. The highest BCUT2D eigenvalue weighted by atomic mass is 127. The predicted molar refractivity (Wildman–Crippen MR) is 81.4 cm³/mol. The molecule has 0 atom stereocenters. The molecule has 1 amide bonds. The first kappa shape index (κ1) is 13.8. The van der Waals surface area contributed by atoms with E-state index in [-0.39, 0.29) is 17.7 Å². The zero-order valence-electron chi connectivity index (χ0n) is 10.5. The average molecular weight is 393 g/mol. The fourth-order valence-electron chi connectivity index (χ4n) is 2.69. The molecule has 4 nitrogen and oxygen atoms in total. The zero-order chi connectivity index (χ0) is 13.3. The molecule has 1 saturated heterocycles. The van der Waals surface area contributed by atoms with E-state index in [2.05, 4.69) is 27.9 Å². The summed E-state index contributed by atoms with van der Waals surface area (Å²) < 4.78 is 12.5. The lowest BCUT2D eigenvalue weighted by atomic mass is 9.90. The van der Waals surface area contributed by atoms with Gasteiger partial charge in [-0.3, -0.25) is 4.79 Å². The molecular weight excluding hydrogens is 377 g/mol. The summed E-state index contributed by atoms with van der Waals surface area (Å²) in [6.45, 7) is 1.40. The largest absolute Gasteiger partial charge is 0.349 e. The van der Waals surface area contributed by atoms with Crippen molar-refractivity contribution in [1.82, 2.24) is 5.32 Å². The first-order chi connectivity index (χ1) is 9.17. The minimum absolute atomic E-state index is 0.0355. The maximum atomic E-state index is 12.1. The summed E-state index contributed by atoms with van der Waals surface area (Å²) in [5.41, 5.74) is 0.767. The van der Waals surface area contributed by atoms with Gasteiger partial charge in [0.25, 0.3) is 5.91 Å². The normalized spacial score (nSPS) is 22.8. The van der Waals surface area contributed by atoms with Crippen LogP contribution in [-0.2, 0) is 9.47 Å². The van der Waals surface area contributed by atoms with Crippen LogP contribution >= 0.6 is 33.9 Å². The second-order valence-corrected chi connectivity index (χ2v) is 7.80. The van der Waals surface area contributed by atoms with Gasteiger partial charge in [0.1, 0.15) is 0 Å². The number of amides is 1. The van der Waals surface area contributed by atoms with Crippen LogP contribution in [0.15, 0.2) is 11.4 Å². The molecule has 1 spiro atoms. The van der Waals surface area contributed by atoms with Crippen molar-refractivity contribution in [3.8, 4) is 0 Å². The summed E-state index contributed by atoms with van der Waals surface area (Å²) in [4.78, 5) is 12.1. The third-order valence-corrected chi connectivity index (χ3v) is 5.51. The van der Waals surface area contributed by atoms with Crippen LogP contribution in [0, 0.1) is 2.88 Å². The molecule has 6 heteroatoms. The molecule has 19 heavy (non-hydrogen) atoms. The van der Waals surface area contributed by atoms with E-state index in [1.165, 1.54) is 0 Å². The van der Waals surface area contributed by atoms with E-state index in [0.717, 1.165) is 34.1 Å². The molecular formula is C13H16INO3S. The van der Waals surface area contributed by atoms with Crippen LogP contribution in [0.5, 0.6) is 0 Å². The summed E-state index contributed by atoms with van der Waals surface area (Å²) >= 11 is 3.83. The Balaban J connectivity index is 1.53. The van der Waals surface area contributed by atoms with Crippen molar-refractivity contribution in [2.75, 3.05) is 13.2 Å². The Morgan fingerprint density at radius 2 is 2.05 bits per heavy atom. The summed E-state index contributed by atoms with van der Waals surface area (Å²) in [6, 6.07) is 2.16. The molecule has 0 unspecified atom stereocenters. The van der Waals surface area contributed by atoms with Crippen LogP contribution in [0.1, 0.15) is 36.0 Å². The molecule has 1 aliphatic heterocycles. The molecule has 2 heterocycles. The molecule has 0 aromatic carbocycles. The number of nitrogens with one attached hydrogen (secondary N) is 1. The highest BCUT2D eigenvalue weighted by Crippen LogP contribution is 2.35. The van der Waals surface area contributed by atoms with Crippen molar-refractivity contribution < 1.29 is 14.3 Å². The third-order valence-electron chi connectivity index (χ3n) is 3.73. The van der Waals surface area contributed by atoms with Crippen molar-refractivity contribution in [2.24, 2.45) is 0 Å². The number of carbonyl (C=O) groups is 1. The Hall–Kier alpha value is -0.180. The molecule has 104 valence electrons. The maximum absolute atomic E-state index is 12.1. The number of rotatable bonds is 2. The van der Waals surface area contributed by atoms with Gasteiger partial charge in [0.15, 0.2) is 5.79 Å². The van der Waals surface area contributed by atoms with Crippen molar-refractivity contribution in [1.29, 1.82) is 0 Å². The van der Waals surface area contributed by atoms with E-state index in [1.807, 2.05) is 11.4 Å². The van der Waals surface area contributed by atoms with Crippen molar-refractivity contribution in [3.63, 3.8) is 0 Å². The van der Waals surface area contributed by atoms with Crippen LogP contribution in [0.2, 0.25) is 0 Å². The minimum Gasteiger partial charge on any atom is -0.349 e. The predicted octanol–water partition coefficient (Wildman–Crippen LogP) is 2.77. The van der Waals surface area contributed by atoms with Gasteiger partial charge in [0.2, 0.25) is 0 Å². The topological polar surface area (TPSA) is 47.6 Å². The van der Waals surface area contributed by atoms with Crippen LogP contribution < -0.4 is 5.32 Å². The standard InChI is InChI=1S/C13H16INO3S/c14-11-7-9(8-19-11)12(16)15-10-1-3-13(4-2-10)17-5-6-18-13/h7-8,10H,1-6H2,(H,15,16). The average Bonchev–Trinajstić information content (AvgIpc) is 3.02. The summed E-state index contributed by atoms with van der Waals surface area (Å²) in [7, 11) is 0. The number of hydrogen-bond donors (Lipinski definition) is 1. The summed E-state index contributed by atoms with van der Waals surface area (Å²) in [5.74, 6) is -0.313. The van der Waals surface area contributed by atoms with Gasteiger partial charge >= 0.3 is 0 Å². The molecule has 1 saturated carbocycles. The number of ether oxygens (including phenoxy) is 2. The lowest BCUT2D eigenvalue weighted by Gasteiger charge is -2.35. The number of thiophene rings is 1. The van der Waals surface area contributed by atoms with Gasteiger partial charge in [-0.25, -0.2) is 0 Å². The summed E-state index contributed by atoms with van der Waals surface area (Å²) in [5, 5.41) is 5.02. The van der Waals surface area contributed by atoms with Gasteiger partial charge in [-0.15, -0.1) is 11.3 Å². The van der Waals surface area contributed by atoms with Gasteiger partial charge in [0, 0.05) is 24.3 Å². The second kappa shape index (κ2) is 5.67. The molecule has 0 radical (unpaired) electrons. The van der Waals surface area contributed by atoms with E-state index in [4.69, 9.17) is 9.47 Å². The Kier molecular flexibility index (Phi) is 4.11. The Bertz CT molecular complexity index is 460. The van der Waals surface area contributed by atoms with Crippen LogP contribution in [-0.4, -0.2) is 30.9 Å². The molecule has 2 fully saturated rings. The van der Waals surface area contributed by atoms with E-state index in [9.17, 15) is 4.79 Å². The van der Waals surface area contributed by atoms with Crippen molar-refractivity contribution in [3.05, 3.63) is 19.9 Å². The quantitative estimate of drug-likeness (QED) is 0.787. The van der Waals surface area contributed by atoms with Gasteiger partial charge in [-0.05, 0) is 41.5 Å². The Morgan fingerprint density at radius 3 is 2.63 bits per heavy atom. The van der Waals surface area contributed by atoms with Gasteiger partial charge < -0.3 is 14.8 Å². The van der Waals surface area contributed by atoms with E-state index < -0.39 is 0 Å². The van der Waals surface area contributed by atoms with Gasteiger partial charge in [-0.1, -0.05) is 0 Å². The molecule has 1 N–H and O–H groups in total. The number of hydrogen-bond acceptors (Lipinski definition) is 4. The lowest BCUT2D eigenvalue weighted by molar-refractivity contribution is -0.179. The van der Waals surface area contributed by atoms with Crippen molar-refractivity contribution >= 4 is 39.8 Å². The fraction of sp³-hybridized carbons (Fsp3) is 0.615. The minimum atomic E-state index is -0.348. The molecule has 1 aliphatic carbocycles.